The van der Waals surface area contributed by atoms with Gasteiger partial charge in [-0.2, -0.15) is 0 Å². The fourth-order valence-electron chi connectivity index (χ4n) is 4.57. The Morgan fingerprint density at radius 1 is 0.970 bits per heavy atom. The van der Waals surface area contributed by atoms with Crippen LogP contribution < -0.4 is 15.5 Å². The van der Waals surface area contributed by atoms with Crippen LogP contribution in [0.15, 0.2) is 54.6 Å². The Balaban J connectivity index is 1.35. The molecule has 2 aromatic carbocycles. The van der Waals surface area contributed by atoms with Crippen molar-refractivity contribution in [2.75, 3.05) is 36.4 Å². The van der Waals surface area contributed by atoms with E-state index in [1.165, 1.54) is 0 Å². The van der Waals surface area contributed by atoms with Crippen molar-refractivity contribution in [2.24, 2.45) is 0 Å². The first kappa shape index (κ1) is 22.5. The minimum absolute atomic E-state index is 0.254. The molecule has 2 aliphatic rings. The van der Waals surface area contributed by atoms with Gasteiger partial charge in [0.05, 0.1) is 5.41 Å². The molecule has 2 aliphatic heterocycles. The Labute approximate surface area is 192 Å². The number of piperazine rings is 1. The molecule has 2 saturated heterocycles. The Morgan fingerprint density at radius 3 is 2.24 bits per heavy atom. The van der Waals surface area contributed by atoms with Crippen LogP contribution in [0.5, 0.6) is 0 Å². The van der Waals surface area contributed by atoms with Crippen LogP contribution >= 0.6 is 0 Å². The van der Waals surface area contributed by atoms with Crippen molar-refractivity contribution < 1.29 is 19.2 Å². The van der Waals surface area contributed by atoms with Crippen LogP contribution in [-0.4, -0.2) is 54.7 Å². The number of hydrogen-bond acceptors (Lipinski definition) is 5. The second-order valence-corrected chi connectivity index (χ2v) is 8.46. The fourth-order valence-corrected chi connectivity index (χ4v) is 4.57. The van der Waals surface area contributed by atoms with E-state index in [1.54, 1.807) is 29.2 Å². The van der Waals surface area contributed by atoms with Crippen LogP contribution in [0.4, 0.5) is 11.4 Å². The van der Waals surface area contributed by atoms with Gasteiger partial charge >= 0.3 is 11.8 Å². The van der Waals surface area contributed by atoms with Gasteiger partial charge in [-0.25, -0.2) is 0 Å². The summed E-state index contributed by atoms with van der Waals surface area (Å²) in [4.78, 5) is 53.0. The van der Waals surface area contributed by atoms with Crippen LogP contribution in [0, 0.1) is 0 Å². The zero-order valence-electron chi connectivity index (χ0n) is 18.7. The van der Waals surface area contributed by atoms with E-state index < -0.39 is 17.2 Å². The molecule has 0 unspecified atom stereocenters. The lowest BCUT2D eigenvalue weighted by Gasteiger charge is -2.35. The summed E-state index contributed by atoms with van der Waals surface area (Å²) in [6.07, 6.45) is 1.31. The lowest BCUT2D eigenvalue weighted by molar-refractivity contribution is -0.143. The number of para-hydroxylation sites is 1. The normalized spacial score (nSPS) is 20.9. The van der Waals surface area contributed by atoms with Crippen molar-refractivity contribution in [1.29, 1.82) is 0 Å². The van der Waals surface area contributed by atoms with Crippen molar-refractivity contribution in [3.05, 3.63) is 60.2 Å². The molecule has 8 nitrogen and oxygen atoms in total. The maximum absolute atomic E-state index is 12.6. The highest BCUT2D eigenvalue weighted by Gasteiger charge is 2.42. The number of hydrogen-bond donors (Lipinski definition) is 2. The summed E-state index contributed by atoms with van der Waals surface area (Å²) >= 11 is 0. The largest absolute Gasteiger partial charge is 0.368 e. The molecular formula is C25H28N4O4. The molecule has 2 fully saturated rings. The van der Waals surface area contributed by atoms with Gasteiger partial charge in [0.25, 0.3) is 0 Å². The number of nitrogens with zero attached hydrogens (tertiary/aromatic N) is 2. The Hall–Kier alpha value is -3.68. The molecule has 0 spiro atoms. The van der Waals surface area contributed by atoms with E-state index in [-0.39, 0.29) is 11.8 Å². The number of anilines is 2. The molecule has 172 valence electrons. The number of nitrogens with one attached hydrogen (secondary N) is 2. The van der Waals surface area contributed by atoms with E-state index >= 15 is 0 Å². The SMILES string of the molecule is CC[C@@]1(c2ccc(NC(=O)C(=O)N3CCN(c4ccccc4)CC3)cc2)CCC(=O)NC1=O. The zero-order chi connectivity index (χ0) is 23.4. The van der Waals surface area contributed by atoms with E-state index in [0.29, 0.717) is 51.1 Å². The number of piperidine rings is 1. The lowest BCUT2D eigenvalue weighted by atomic mass is 9.72. The number of carbonyl (C=O) groups is 4. The van der Waals surface area contributed by atoms with Crippen molar-refractivity contribution in [2.45, 2.75) is 31.6 Å². The number of benzene rings is 2. The third kappa shape index (κ3) is 4.60. The Kier molecular flexibility index (Phi) is 6.44. The fraction of sp³-hybridized carbons (Fsp3) is 0.360. The highest BCUT2D eigenvalue weighted by Crippen LogP contribution is 2.36. The molecular weight excluding hydrogens is 420 g/mol. The Bertz CT molecular complexity index is 1050. The molecule has 0 bridgehead atoms. The monoisotopic (exact) mass is 448 g/mol. The molecule has 2 heterocycles. The molecule has 0 aromatic heterocycles. The average molecular weight is 449 g/mol. The smallest absolute Gasteiger partial charge is 0.313 e. The first-order valence-corrected chi connectivity index (χ1v) is 11.3. The van der Waals surface area contributed by atoms with Crippen molar-refractivity contribution in [3.8, 4) is 0 Å². The maximum atomic E-state index is 12.6. The summed E-state index contributed by atoms with van der Waals surface area (Å²) in [5, 5.41) is 5.09. The van der Waals surface area contributed by atoms with Crippen LogP contribution in [0.1, 0.15) is 31.7 Å². The quantitative estimate of drug-likeness (QED) is 0.551. The second kappa shape index (κ2) is 9.44. The summed E-state index contributed by atoms with van der Waals surface area (Å²) < 4.78 is 0. The summed E-state index contributed by atoms with van der Waals surface area (Å²) in [5.41, 5.74) is 1.62. The van der Waals surface area contributed by atoms with E-state index in [4.69, 9.17) is 0 Å². The van der Waals surface area contributed by atoms with Crippen LogP contribution in [0.2, 0.25) is 0 Å². The minimum atomic E-state index is -0.759. The number of carbonyl (C=O) groups excluding carboxylic acids is 4. The van der Waals surface area contributed by atoms with Gasteiger partial charge in [-0.05, 0) is 42.7 Å². The number of rotatable bonds is 4. The molecule has 33 heavy (non-hydrogen) atoms. The minimum Gasteiger partial charge on any atom is -0.368 e. The highest BCUT2D eigenvalue weighted by atomic mass is 16.2. The van der Waals surface area contributed by atoms with Crippen molar-refractivity contribution in [1.82, 2.24) is 10.2 Å². The molecule has 0 saturated carbocycles. The molecule has 1 atom stereocenters. The van der Waals surface area contributed by atoms with Gasteiger partial charge in [0.1, 0.15) is 0 Å². The first-order chi connectivity index (χ1) is 15.9. The van der Waals surface area contributed by atoms with Gasteiger partial charge in [-0.15, -0.1) is 0 Å². The summed E-state index contributed by atoms with van der Waals surface area (Å²) in [7, 11) is 0. The molecule has 4 amide bonds. The van der Waals surface area contributed by atoms with Gasteiger partial charge in [0, 0.05) is 44.0 Å². The molecule has 8 heteroatoms. The van der Waals surface area contributed by atoms with Gasteiger partial charge in [-0.3, -0.25) is 24.5 Å². The Morgan fingerprint density at radius 2 is 1.64 bits per heavy atom. The van der Waals surface area contributed by atoms with E-state index in [2.05, 4.69) is 15.5 Å². The van der Waals surface area contributed by atoms with E-state index in [9.17, 15) is 19.2 Å². The van der Waals surface area contributed by atoms with Crippen LogP contribution in [0.25, 0.3) is 0 Å². The standard InChI is InChI=1S/C25H28N4O4/c1-2-25(13-12-21(30)27-24(25)33)18-8-10-19(11-9-18)26-22(31)23(32)29-16-14-28(15-17-29)20-6-4-3-5-7-20/h3-11H,2,12-17H2,1H3,(H,26,31)(H,27,30,33)/t25-/m0/s1. The summed E-state index contributed by atoms with van der Waals surface area (Å²) in [6.45, 7) is 4.21. The first-order valence-electron chi connectivity index (χ1n) is 11.3. The third-order valence-electron chi connectivity index (χ3n) is 6.65. The molecule has 2 N–H and O–H groups in total. The van der Waals surface area contributed by atoms with E-state index in [1.807, 2.05) is 37.3 Å². The third-order valence-corrected chi connectivity index (χ3v) is 6.65. The second-order valence-electron chi connectivity index (χ2n) is 8.46. The number of imide groups is 1. The predicted molar refractivity (Wildman–Crippen MR) is 125 cm³/mol. The highest BCUT2D eigenvalue weighted by molar-refractivity contribution is 6.39. The number of amides is 4. The lowest BCUT2D eigenvalue weighted by Crippen LogP contribution is -2.51. The van der Waals surface area contributed by atoms with Crippen LogP contribution in [-0.2, 0) is 24.6 Å². The van der Waals surface area contributed by atoms with Crippen LogP contribution in [0.3, 0.4) is 0 Å². The van der Waals surface area contributed by atoms with Crippen molar-refractivity contribution in [3.63, 3.8) is 0 Å². The topological polar surface area (TPSA) is 98.8 Å². The van der Waals surface area contributed by atoms with Gasteiger partial charge in [0.15, 0.2) is 0 Å². The van der Waals surface area contributed by atoms with Gasteiger partial charge in [0.2, 0.25) is 11.8 Å². The average Bonchev–Trinajstić information content (AvgIpc) is 2.85. The molecule has 0 radical (unpaired) electrons. The molecule has 0 aliphatic carbocycles. The predicted octanol–water partition coefficient (Wildman–Crippen LogP) is 2.06. The molecule has 4 rings (SSSR count). The van der Waals surface area contributed by atoms with E-state index in [0.717, 1.165) is 11.3 Å². The summed E-state index contributed by atoms with van der Waals surface area (Å²) in [6, 6.07) is 16.9. The van der Waals surface area contributed by atoms with Gasteiger partial charge < -0.3 is 15.1 Å². The summed E-state index contributed by atoms with van der Waals surface area (Å²) in [5.74, 6) is -1.77. The van der Waals surface area contributed by atoms with Gasteiger partial charge in [-0.1, -0.05) is 37.3 Å². The van der Waals surface area contributed by atoms with Crippen molar-refractivity contribution >= 4 is 35.0 Å². The molecule has 2 aromatic rings. The maximum Gasteiger partial charge on any atom is 0.313 e. The zero-order valence-corrected chi connectivity index (χ0v) is 18.7.